The molecule has 1 unspecified atom stereocenters. The molecule has 1 atom stereocenters. The Hall–Kier alpha value is -0.680. The van der Waals surface area contributed by atoms with Crippen LogP contribution >= 0.6 is 11.5 Å². The fourth-order valence-corrected chi connectivity index (χ4v) is 3.28. The fourth-order valence-electron chi connectivity index (χ4n) is 2.50. The van der Waals surface area contributed by atoms with E-state index in [4.69, 9.17) is 0 Å². The molecule has 2 rings (SSSR count). The summed E-state index contributed by atoms with van der Waals surface area (Å²) in [5, 5.41) is 4.70. The summed E-state index contributed by atoms with van der Waals surface area (Å²) in [4.78, 5) is 7.03. The highest BCUT2D eigenvalue weighted by Crippen LogP contribution is 2.24. The molecule has 2 heterocycles. The van der Waals surface area contributed by atoms with Crippen LogP contribution in [-0.4, -0.2) is 35.5 Å². The van der Waals surface area contributed by atoms with E-state index in [2.05, 4.69) is 40.3 Å². The summed E-state index contributed by atoms with van der Waals surface area (Å²) in [6, 6.07) is 0. The van der Waals surface area contributed by atoms with Gasteiger partial charge in [-0.25, -0.2) is 4.98 Å². The van der Waals surface area contributed by atoms with Crippen LogP contribution in [-0.2, 0) is 6.42 Å². The molecule has 0 aliphatic carbocycles. The number of piperidine rings is 1. The van der Waals surface area contributed by atoms with Gasteiger partial charge in [0.15, 0.2) is 0 Å². The molecule has 0 amide bonds. The topological polar surface area (TPSA) is 41.1 Å². The third kappa shape index (κ3) is 4.42. The Balaban J connectivity index is 1.82. The Morgan fingerprint density at radius 2 is 2.32 bits per heavy atom. The Morgan fingerprint density at radius 1 is 1.47 bits per heavy atom. The van der Waals surface area contributed by atoms with Gasteiger partial charge in [-0.15, -0.1) is 0 Å². The Kier molecular flexibility index (Phi) is 5.58. The second-order valence-electron chi connectivity index (χ2n) is 5.85. The first-order valence-corrected chi connectivity index (χ1v) is 8.24. The lowest BCUT2D eigenvalue weighted by atomic mass is 9.98. The van der Waals surface area contributed by atoms with Crippen molar-refractivity contribution >= 4 is 16.7 Å². The number of hydrogen-bond donors (Lipinski definition) is 1. The van der Waals surface area contributed by atoms with Gasteiger partial charge in [-0.2, -0.15) is 4.37 Å². The second kappa shape index (κ2) is 7.20. The summed E-state index contributed by atoms with van der Waals surface area (Å²) >= 11 is 1.56. The number of anilines is 1. The standard InChI is InChI=1S/C14H26N4S/c1-4-13-16-14(19-17-13)18-7-5-6-12(10-18)9-15-8-11(2)3/h11-12,15H,4-10H2,1-3H3. The molecule has 0 bridgehead atoms. The Labute approximate surface area is 120 Å². The first-order chi connectivity index (χ1) is 9.19. The van der Waals surface area contributed by atoms with E-state index < -0.39 is 0 Å². The molecule has 19 heavy (non-hydrogen) atoms. The zero-order valence-corrected chi connectivity index (χ0v) is 13.2. The summed E-state index contributed by atoms with van der Waals surface area (Å²) in [5.74, 6) is 2.47. The molecule has 4 nitrogen and oxygen atoms in total. The molecule has 1 saturated heterocycles. The first kappa shape index (κ1) is 14.7. The van der Waals surface area contributed by atoms with Crippen molar-refractivity contribution in [2.75, 3.05) is 31.1 Å². The van der Waals surface area contributed by atoms with Crippen molar-refractivity contribution in [2.24, 2.45) is 11.8 Å². The molecule has 5 heteroatoms. The predicted octanol–water partition coefficient (Wildman–Crippen LogP) is 2.56. The second-order valence-corrected chi connectivity index (χ2v) is 6.58. The summed E-state index contributed by atoms with van der Waals surface area (Å²) in [6.07, 6.45) is 3.54. The van der Waals surface area contributed by atoms with E-state index in [1.54, 1.807) is 11.5 Å². The highest BCUT2D eigenvalue weighted by atomic mass is 32.1. The molecular weight excluding hydrogens is 256 g/mol. The van der Waals surface area contributed by atoms with Crippen LogP contribution in [0.2, 0.25) is 0 Å². The van der Waals surface area contributed by atoms with Gasteiger partial charge in [-0.05, 0) is 37.8 Å². The van der Waals surface area contributed by atoms with E-state index in [1.165, 1.54) is 12.8 Å². The smallest absolute Gasteiger partial charge is 0.205 e. The summed E-state index contributed by atoms with van der Waals surface area (Å²) in [5.41, 5.74) is 0. The highest BCUT2D eigenvalue weighted by molar-refractivity contribution is 7.09. The molecule has 108 valence electrons. The lowest BCUT2D eigenvalue weighted by molar-refractivity contribution is 0.382. The molecule has 1 fully saturated rings. The molecular formula is C14H26N4S. The van der Waals surface area contributed by atoms with Crippen LogP contribution in [0.3, 0.4) is 0 Å². The molecule has 1 aliphatic rings. The molecule has 1 N–H and O–H groups in total. The minimum Gasteiger partial charge on any atom is -0.347 e. The van der Waals surface area contributed by atoms with Crippen molar-refractivity contribution in [2.45, 2.75) is 40.0 Å². The number of nitrogens with zero attached hydrogens (tertiary/aromatic N) is 3. The van der Waals surface area contributed by atoms with E-state index in [1.807, 2.05) is 0 Å². The fraction of sp³-hybridized carbons (Fsp3) is 0.857. The molecule has 1 aromatic heterocycles. The Morgan fingerprint density at radius 3 is 3.00 bits per heavy atom. The monoisotopic (exact) mass is 282 g/mol. The average molecular weight is 282 g/mol. The predicted molar refractivity (Wildman–Crippen MR) is 81.9 cm³/mol. The van der Waals surface area contributed by atoms with Crippen molar-refractivity contribution in [3.8, 4) is 0 Å². The van der Waals surface area contributed by atoms with Gasteiger partial charge in [0.25, 0.3) is 0 Å². The van der Waals surface area contributed by atoms with E-state index >= 15 is 0 Å². The summed E-state index contributed by atoms with van der Waals surface area (Å²) < 4.78 is 4.39. The SMILES string of the molecule is CCc1nsc(N2CCCC(CNCC(C)C)C2)n1. The maximum absolute atomic E-state index is 4.61. The van der Waals surface area contributed by atoms with Crippen LogP contribution in [0.25, 0.3) is 0 Å². The van der Waals surface area contributed by atoms with Gasteiger partial charge in [0.05, 0.1) is 0 Å². The van der Waals surface area contributed by atoms with Gasteiger partial charge in [-0.3, -0.25) is 0 Å². The van der Waals surface area contributed by atoms with Crippen LogP contribution < -0.4 is 10.2 Å². The molecule has 0 saturated carbocycles. The summed E-state index contributed by atoms with van der Waals surface area (Å²) in [6.45, 7) is 11.1. The lowest BCUT2D eigenvalue weighted by Gasteiger charge is -2.32. The van der Waals surface area contributed by atoms with Crippen LogP contribution in [0.5, 0.6) is 0 Å². The molecule has 0 radical (unpaired) electrons. The van der Waals surface area contributed by atoms with E-state index in [9.17, 15) is 0 Å². The largest absolute Gasteiger partial charge is 0.347 e. The maximum atomic E-state index is 4.61. The highest BCUT2D eigenvalue weighted by Gasteiger charge is 2.22. The number of hydrogen-bond acceptors (Lipinski definition) is 5. The normalized spacial score (nSPS) is 20.2. The van der Waals surface area contributed by atoms with Crippen molar-refractivity contribution < 1.29 is 0 Å². The lowest BCUT2D eigenvalue weighted by Crippen LogP contribution is -2.40. The molecule has 1 aromatic rings. The number of rotatable bonds is 6. The van der Waals surface area contributed by atoms with Crippen molar-refractivity contribution in [1.29, 1.82) is 0 Å². The first-order valence-electron chi connectivity index (χ1n) is 7.47. The number of aryl methyl sites for hydroxylation is 1. The third-order valence-corrected chi connectivity index (χ3v) is 4.36. The molecule has 0 spiro atoms. The minimum absolute atomic E-state index is 0.731. The van der Waals surface area contributed by atoms with Gasteiger partial charge in [0.2, 0.25) is 5.13 Å². The zero-order valence-electron chi connectivity index (χ0n) is 12.4. The average Bonchev–Trinajstić information content (AvgIpc) is 2.87. The van der Waals surface area contributed by atoms with Gasteiger partial charge in [-0.1, -0.05) is 20.8 Å². The van der Waals surface area contributed by atoms with Gasteiger partial charge in [0, 0.05) is 31.0 Å². The quantitative estimate of drug-likeness (QED) is 0.870. The van der Waals surface area contributed by atoms with Crippen molar-refractivity contribution in [1.82, 2.24) is 14.7 Å². The Bertz CT molecular complexity index is 377. The minimum atomic E-state index is 0.731. The number of aromatic nitrogens is 2. The van der Waals surface area contributed by atoms with Gasteiger partial charge < -0.3 is 10.2 Å². The maximum Gasteiger partial charge on any atom is 0.205 e. The van der Waals surface area contributed by atoms with E-state index in [0.29, 0.717) is 0 Å². The number of nitrogens with one attached hydrogen (secondary N) is 1. The third-order valence-electron chi connectivity index (χ3n) is 3.55. The van der Waals surface area contributed by atoms with E-state index in [-0.39, 0.29) is 0 Å². The van der Waals surface area contributed by atoms with E-state index in [0.717, 1.165) is 55.4 Å². The summed E-state index contributed by atoms with van der Waals surface area (Å²) in [7, 11) is 0. The molecule has 0 aromatic carbocycles. The van der Waals surface area contributed by atoms with Crippen LogP contribution in [0, 0.1) is 11.8 Å². The van der Waals surface area contributed by atoms with Crippen LogP contribution in [0.4, 0.5) is 5.13 Å². The van der Waals surface area contributed by atoms with Gasteiger partial charge >= 0.3 is 0 Å². The molecule has 1 aliphatic heterocycles. The van der Waals surface area contributed by atoms with Crippen LogP contribution in [0.1, 0.15) is 39.4 Å². The van der Waals surface area contributed by atoms with Crippen LogP contribution in [0.15, 0.2) is 0 Å². The zero-order chi connectivity index (χ0) is 13.7. The van der Waals surface area contributed by atoms with Crippen molar-refractivity contribution in [3.63, 3.8) is 0 Å². The van der Waals surface area contributed by atoms with Gasteiger partial charge in [0.1, 0.15) is 5.82 Å². The van der Waals surface area contributed by atoms with Crippen molar-refractivity contribution in [3.05, 3.63) is 5.82 Å².